The molecule has 0 unspecified atom stereocenters. The number of amides is 2. The molecular formula is C23H21N3O. The second kappa shape index (κ2) is 7.79. The van der Waals surface area contributed by atoms with E-state index in [4.69, 9.17) is 0 Å². The fourth-order valence-electron chi connectivity index (χ4n) is 3.28. The number of aromatic amines is 1. The van der Waals surface area contributed by atoms with Gasteiger partial charge in [0.15, 0.2) is 0 Å². The normalized spacial score (nSPS) is 10.7. The first-order valence-electron chi connectivity index (χ1n) is 9.05. The molecule has 0 atom stereocenters. The van der Waals surface area contributed by atoms with E-state index in [0.29, 0.717) is 6.54 Å². The molecule has 27 heavy (non-hydrogen) atoms. The van der Waals surface area contributed by atoms with Crippen LogP contribution in [-0.2, 0) is 6.42 Å². The van der Waals surface area contributed by atoms with Gasteiger partial charge in [-0.25, -0.2) is 4.79 Å². The smallest absolute Gasteiger partial charge is 0.319 e. The number of benzene rings is 3. The first-order valence-corrected chi connectivity index (χ1v) is 9.05. The Balaban J connectivity index is 1.39. The molecule has 134 valence electrons. The van der Waals surface area contributed by atoms with Crippen LogP contribution in [0.4, 0.5) is 10.5 Å². The summed E-state index contributed by atoms with van der Waals surface area (Å²) in [5.41, 5.74) is 5.20. The second-order valence-corrected chi connectivity index (χ2v) is 6.40. The molecule has 0 saturated carbocycles. The van der Waals surface area contributed by atoms with Crippen molar-refractivity contribution < 1.29 is 4.79 Å². The number of carbonyl (C=O) groups is 1. The molecule has 0 aliphatic carbocycles. The van der Waals surface area contributed by atoms with Gasteiger partial charge in [0.2, 0.25) is 0 Å². The van der Waals surface area contributed by atoms with E-state index in [-0.39, 0.29) is 6.03 Å². The number of nitrogens with one attached hydrogen (secondary N) is 3. The van der Waals surface area contributed by atoms with Crippen molar-refractivity contribution in [3.05, 3.63) is 90.6 Å². The van der Waals surface area contributed by atoms with Crippen LogP contribution < -0.4 is 10.6 Å². The molecule has 4 rings (SSSR count). The fourth-order valence-corrected chi connectivity index (χ4v) is 3.28. The molecule has 0 radical (unpaired) electrons. The summed E-state index contributed by atoms with van der Waals surface area (Å²) in [5, 5.41) is 7.12. The molecule has 0 aliphatic heterocycles. The number of urea groups is 1. The summed E-state index contributed by atoms with van der Waals surface area (Å²) in [6.07, 6.45) is 2.78. The van der Waals surface area contributed by atoms with E-state index in [1.165, 1.54) is 10.9 Å². The first kappa shape index (κ1) is 16.9. The molecule has 1 aromatic heterocycles. The molecule has 3 N–H and O–H groups in total. The highest BCUT2D eigenvalue weighted by Gasteiger charge is 2.08. The highest BCUT2D eigenvalue weighted by Crippen LogP contribution is 2.27. The molecule has 0 spiro atoms. The van der Waals surface area contributed by atoms with Gasteiger partial charge < -0.3 is 15.6 Å². The Morgan fingerprint density at radius 1 is 0.852 bits per heavy atom. The van der Waals surface area contributed by atoms with E-state index in [2.05, 4.69) is 27.8 Å². The summed E-state index contributed by atoms with van der Waals surface area (Å²) in [7, 11) is 0. The second-order valence-electron chi connectivity index (χ2n) is 6.40. The van der Waals surface area contributed by atoms with Crippen LogP contribution in [0.5, 0.6) is 0 Å². The van der Waals surface area contributed by atoms with Gasteiger partial charge in [0, 0.05) is 29.2 Å². The number of hydrogen-bond acceptors (Lipinski definition) is 1. The Morgan fingerprint density at radius 2 is 1.59 bits per heavy atom. The lowest BCUT2D eigenvalue weighted by Gasteiger charge is -2.12. The number of anilines is 1. The number of H-pyrrole nitrogens is 1. The number of rotatable bonds is 5. The van der Waals surface area contributed by atoms with Crippen LogP contribution in [0.25, 0.3) is 22.0 Å². The van der Waals surface area contributed by atoms with Crippen molar-refractivity contribution in [2.24, 2.45) is 0 Å². The summed E-state index contributed by atoms with van der Waals surface area (Å²) >= 11 is 0. The summed E-state index contributed by atoms with van der Waals surface area (Å²) < 4.78 is 0. The maximum atomic E-state index is 12.4. The summed E-state index contributed by atoms with van der Waals surface area (Å²) in [5.74, 6) is 0. The number of hydrogen-bond donors (Lipinski definition) is 3. The van der Waals surface area contributed by atoms with E-state index in [9.17, 15) is 4.79 Å². The lowest BCUT2D eigenvalue weighted by molar-refractivity contribution is 0.252. The van der Waals surface area contributed by atoms with Gasteiger partial charge in [0.1, 0.15) is 0 Å². The third-order valence-electron chi connectivity index (χ3n) is 4.61. The molecule has 1 heterocycles. The van der Waals surface area contributed by atoms with Crippen molar-refractivity contribution >= 4 is 22.6 Å². The zero-order chi connectivity index (χ0) is 18.5. The van der Waals surface area contributed by atoms with E-state index in [1.807, 2.05) is 72.9 Å². The van der Waals surface area contributed by atoms with Crippen molar-refractivity contribution in [3.63, 3.8) is 0 Å². The van der Waals surface area contributed by atoms with E-state index in [1.54, 1.807) is 0 Å². The van der Waals surface area contributed by atoms with Gasteiger partial charge in [-0.15, -0.1) is 0 Å². The lowest BCUT2D eigenvalue weighted by Crippen LogP contribution is -2.30. The van der Waals surface area contributed by atoms with Gasteiger partial charge in [-0.05, 0) is 29.7 Å². The third-order valence-corrected chi connectivity index (χ3v) is 4.61. The molecule has 0 fully saturated rings. The average Bonchev–Trinajstić information content (AvgIpc) is 3.12. The van der Waals surface area contributed by atoms with Crippen LogP contribution in [-0.4, -0.2) is 17.6 Å². The molecule has 0 saturated heterocycles. The molecule has 4 aromatic rings. The topological polar surface area (TPSA) is 56.9 Å². The fraction of sp³-hybridized carbons (Fsp3) is 0.0870. The number of para-hydroxylation sites is 2. The molecule has 0 bridgehead atoms. The molecule has 0 aliphatic rings. The van der Waals surface area contributed by atoms with Crippen molar-refractivity contribution in [2.75, 3.05) is 11.9 Å². The maximum Gasteiger partial charge on any atom is 0.319 e. The third kappa shape index (κ3) is 3.85. The van der Waals surface area contributed by atoms with Crippen LogP contribution in [0.1, 0.15) is 5.56 Å². The first-order chi connectivity index (χ1) is 13.3. The molecule has 4 nitrogen and oxygen atoms in total. The Kier molecular flexibility index (Phi) is 4.88. The van der Waals surface area contributed by atoms with Gasteiger partial charge in [-0.2, -0.15) is 0 Å². The SMILES string of the molecule is O=C(NCCc1c[nH]c2ccccc12)Nc1ccccc1-c1ccccc1. The van der Waals surface area contributed by atoms with Gasteiger partial charge >= 0.3 is 6.03 Å². The van der Waals surface area contributed by atoms with E-state index in [0.717, 1.165) is 28.8 Å². The largest absolute Gasteiger partial charge is 0.361 e. The zero-order valence-corrected chi connectivity index (χ0v) is 14.9. The molecule has 3 aromatic carbocycles. The summed E-state index contributed by atoms with van der Waals surface area (Å²) in [6.45, 7) is 0.571. The van der Waals surface area contributed by atoms with Crippen molar-refractivity contribution in [3.8, 4) is 11.1 Å². The number of fused-ring (bicyclic) bond motifs is 1. The molecular weight excluding hydrogens is 334 g/mol. The van der Waals surface area contributed by atoms with Crippen molar-refractivity contribution in [1.29, 1.82) is 0 Å². The van der Waals surface area contributed by atoms with Gasteiger partial charge in [0.05, 0.1) is 5.69 Å². The zero-order valence-electron chi connectivity index (χ0n) is 14.9. The summed E-state index contributed by atoms with van der Waals surface area (Å²) in [6, 6.07) is 25.9. The molecule has 2 amide bonds. The van der Waals surface area contributed by atoms with Crippen LogP contribution in [0.15, 0.2) is 85.1 Å². The number of aromatic nitrogens is 1. The van der Waals surface area contributed by atoms with Gasteiger partial charge in [-0.3, -0.25) is 0 Å². The van der Waals surface area contributed by atoms with Crippen LogP contribution >= 0.6 is 0 Å². The van der Waals surface area contributed by atoms with Gasteiger partial charge in [-0.1, -0.05) is 66.7 Å². The van der Waals surface area contributed by atoms with Crippen molar-refractivity contribution in [1.82, 2.24) is 10.3 Å². The Morgan fingerprint density at radius 3 is 2.48 bits per heavy atom. The summed E-state index contributed by atoms with van der Waals surface area (Å²) in [4.78, 5) is 15.6. The minimum Gasteiger partial charge on any atom is -0.361 e. The highest BCUT2D eigenvalue weighted by atomic mass is 16.2. The van der Waals surface area contributed by atoms with Crippen LogP contribution in [0, 0.1) is 0 Å². The predicted molar refractivity (Wildman–Crippen MR) is 111 cm³/mol. The average molecular weight is 355 g/mol. The molecule has 4 heteroatoms. The van der Waals surface area contributed by atoms with Crippen LogP contribution in [0.3, 0.4) is 0 Å². The monoisotopic (exact) mass is 355 g/mol. The minimum absolute atomic E-state index is 0.196. The van der Waals surface area contributed by atoms with Crippen molar-refractivity contribution in [2.45, 2.75) is 6.42 Å². The Labute approximate surface area is 158 Å². The van der Waals surface area contributed by atoms with Gasteiger partial charge in [0.25, 0.3) is 0 Å². The minimum atomic E-state index is -0.196. The standard InChI is InChI=1S/C23H21N3O/c27-23(24-15-14-18-16-25-21-12-6-4-11-20(18)21)26-22-13-7-5-10-19(22)17-8-2-1-3-9-17/h1-13,16,25H,14-15H2,(H2,24,26,27). The van der Waals surface area contributed by atoms with E-state index >= 15 is 0 Å². The van der Waals surface area contributed by atoms with Crippen LogP contribution in [0.2, 0.25) is 0 Å². The lowest BCUT2D eigenvalue weighted by atomic mass is 10.0. The highest BCUT2D eigenvalue weighted by molar-refractivity contribution is 5.94. The number of carbonyl (C=O) groups excluding carboxylic acids is 1. The Bertz CT molecular complexity index is 1050. The predicted octanol–water partition coefficient (Wildman–Crippen LogP) is 5.20. The Hall–Kier alpha value is -3.53. The quantitative estimate of drug-likeness (QED) is 0.453. The maximum absolute atomic E-state index is 12.4. The van der Waals surface area contributed by atoms with E-state index < -0.39 is 0 Å².